The number of fused-ring (bicyclic) bond motifs is 2. The van der Waals surface area contributed by atoms with Crippen molar-refractivity contribution in [1.29, 1.82) is 0 Å². The first-order chi connectivity index (χ1) is 15.7. The molecule has 4 rings (SSSR count). The Hall–Kier alpha value is -3.41. The molecule has 1 unspecified atom stereocenters. The fraction of sp³-hybridized carbons (Fsp3) is 0.370. The molecule has 0 saturated heterocycles. The number of nitrogens with one attached hydrogen (secondary N) is 1. The smallest absolute Gasteiger partial charge is 0.261 e. The van der Waals surface area contributed by atoms with Crippen LogP contribution in [0.25, 0.3) is 10.9 Å². The first kappa shape index (κ1) is 22.8. The number of rotatable bonds is 7. The summed E-state index contributed by atoms with van der Waals surface area (Å²) in [5.41, 5.74) is 3.80. The van der Waals surface area contributed by atoms with Gasteiger partial charge in [-0.15, -0.1) is 0 Å². The van der Waals surface area contributed by atoms with Crippen LogP contribution in [0.3, 0.4) is 0 Å². The van der Waals surface area contributed by atoms with E-state index in [4.69, 9.17) is 9.72 Å². The number of methoxy groups -OCH3 is 1. The van der Waals surface area contributed by atoms with Crippen LogP contribution in [0.1, 0.15) is 66.9 Å². The zero-order chi connectivity index (χ0) is 23.8. The Morgan fingerprint density at radius 1 is 1.03 bits per heavy atom. The number of nitrogens with zero attached hydrogens (tertiary/aromatic N) is 2. The van der Waals surface area contributed by atoms with Gasteiger partial charge in [-0.2, -0.15) is 0 Å². The van der Waals surface area contributed by atoms with Gasteiger partial charge in [-0.3, -0.25) is 19.5 Å². The summed E-state index contributed by atoms with van der Waals surface area (Å²) in [6.45, 7) is 8.96. The number of carbonyl (C=O) groups excluding carboxylic acids is 2. The topological polar surface area (TPSA) is 71.5 Å². The number of aromatic nitrogens is 1. The molecule has 0 aliphatic carbocycles. The van der Waals surface area contributed by atoms with Crippen LogP contribution in [0.2, 0.25) is 0 Å². The fourth-order valence-electron chi connectivity index (χ4n) is 4.19. The van der Waals surface area contributed by atoms with Gasteiger partial charge >= 0.3 is 0 Å². The van der Waals surface area contributed by atoms with E-state index >= 15 is 0 Å². The minimum atomic E-state index is -0.200. The number of benzene rings is 2. The van der Waals surface area contributed by atoms with Crippen LogP contribution in [0.15, 0.2) is 48.5 Å². The van der Waals surface area contributed by atoms with Crippen molar-refractivity contribution in [3.63, 3.8) is 0 Å². The van der Waals surface area contributed by atoms with Gasteiger partial charge in [0, 0.05) is 35.1 Å². The fourth-order valence-corrected chi connectivity index (χ4v) is 4.19. The molecular weight excluding hydrogens is 414 g/mol. The van der Waals surface area contributed by atoms with Crippen molar-refractivity contribution in [1.82, 2.24) is 9.88 Å². The molecule has 2 aromatic carbocycles. The number of anilines is 1. The second-order valence-corrected chi connectivity index (χ2v) is 9.69. The zero-order valence-electron chi connectivity index (χ0n) is 19.9. The third-order valence-corrected chi connectivity index (χ3v) is 6.07. The lowest BCUT2D eigenvalue weighted by atomic mass is 9.91. The highest BCUT2D eigenvalue weighted by atomic mass is 16.5. The van der Waals surface area contributed by atoms with Crippen LogP contribution >= 0.6 is 0 Å². The molecule has 1 atom stereocenters. The number of hydrogen-bond acceptors (Lipinski definition) is 5. The number of carbonyl (C=O) groups is 2. The SMILES string of the molecule is COc1cc(NC(C)CCCN2C(=O)c3ccccc3C2=O)c2nc(C(C)(C)C)ccc2c1. The third kappa shape index (κ3) is 4.56. The van der Waals surface area contributed by atoms with E-state index in [9.17, 15) is 9.59 Å². The van der Waals surface area contributed by atoms with Crippen molar-refractivity contribution in [2.24, 2.45) is 0 Å². The van der Waals surface area contributed by atoms with E-state index in [1.54, 1.807) is 31.4 Å². The summed E-state index contributed by atoms with van der Waals surface area (Å²) in [5, 5.41) is 4.59. The van der Waals surface area contributed by atoms with Crippen molar-refractivity contribution < 1.29 is 14.3 Å². The Morgan fingerprint density at radius 3 is 2.30 bits per heavy atom. The van der Waals surface area contributed by atoms with E-state index in [0.29, 0.717) is 24.1 Å². The van der Waals surface area contributed by atoms with Gasteiger partial charge in [-0.1, -0.05) is 39.0 Å². The molecule has 33 heavy (non-hydrogen) atoms. The number of hydrogen-bond donors (Lipinski definition) is 1. The van der Waals surface area contributed by atoms with Crippen LogP contribution in [-0.4, -0.2) is 41.4 Å². The standard InChI is InChI=1S/C27H31N3O3/c1-17(9-8-14-30-25(31)20-10-6-7-11-21(20)26(30)32)28-22-16-19(33-5)15-18-12-13-23(27(2,3)4)29-24(18)22/h6-7,10-13,15-17,28H,8-9,14H2,1-5H3. The largest absolute Gasteiger partial charge is 0.497 e. The molecule has 2 amide bonds. The van der Waals surface area contributed by atoms with Gasteiger partial charge in [-0.25, -0.2) is 0 Å². The van der Waals surface area contributed by atoms with E-state index in [2.05, 4.69) is 45.1 Å². The van der Waals surface area contributed by atoms with Crippen LogP contribution in [0.5, 0.6) is 5.75 Å². The lowest BCUT2D eigenvalue weighted by Crippen LogP contribution is -2.31. The van der Waals surface area contributed by atoms with E-state index in [0.717, 1.165) is 34.5 Å². The van der Waals surface area contributed by atoms with Gasteiger partial charge < -0.3 is 10.1 Å². The molecule has 2 heterocycles. The van der Waals surface area contributed by atoms with Crippen molar-refractivity contribution in [3.8, 4) is 5.75 Å². The third-order valence-electron chi connectivity index (χ3n) is 6.07. The van der Waals surface area contributed by atoms with Crippen molar-refractivity contribution in [2.75, 3.05) is 19.0 Å². The van der Waals surface area contributed by atoms with Gasteiger partial charge in [0.2, 0.25) is 0 Å². The molecule has 1 N–H and O–H groups in total. The molecule has 1 aromatic heterocycles. The molecule has 6 nitrogen and oxygen atoms in total. The average molecular weight is 446 g/mol. The van der Waals surface area contributed by atoms with Gasteiger partial charge in [-0.05, 0) is 44.0 Å². The Morgan fingerprint density at radius 2 is 1.70 bits per heavy atom. The molecule has 0 bridgehead atoms. The minimum Gasteiger partial charge on any atom is -0.497 e. The summed E-state index contributed by atoms with van der Waals surface area (Å²) in [4.78, 5) is 31.4. The maximum absolute atomic E-state index is 12.6. The highest BCUT2D eigenvalue weighted by molar-refractivity contribution is 6.21. The van der Waals surface area contributed by atoms with E-state index in [1.807, 2.05) is 12.1 Å². The first-order valence-corrected chi connectivity index (χ1v) is 11.4. The molecule has 0 fully saturated rings. The van der Waals surface area contributed by atoms with Crippen LogP contribution in [0.4, 0.5) is 5.69 Å². The summed E-state index contributed by atoms with van der Waals surface area (Å²) in [6, 6.07) is 15.2. The van der Waals surface area contributed by atoms with E-state index in [-0.39, 0.29) is 23.3 Å². The Kier molecular flexibility index (Phi) is 6.11. The average Bonchev–Trinajstić information content (AvgIpc) is 3.03. The van der Waals surface area contributed by atoms with E-state index < -0.39 is 0 Å². The van der Waals surface area contributed by atoms with Gasteiger partial charge in [0.05, 0.1) is 29.4 Å². The lowest BCUT2D eigenvalue weighted by Gasteiger charge is -2.21. The molecule has 0 radical (unpaired) electrons. The predicted octanol–water partition coefficient (Wildman–Crippen LogP) is 5.42. The zero-order valence-corrected chi connectivity index (χ0v) is 19.9. The summed E-state index contributed by atoms with van der Waals surface area (Å²) in [5.74, 6) is 0.372. The second-order valence-electron chi connectivity index (χ2n) is 9.69. The lowest BCUT2D eigenvalue weighted by molar-refractivity contribution is 0.0651. The van der Waals surface area contributed by atoms with Gasteiger partial charge in [0.25, 0.3) is 11.8 Å². The van der Waals surface area contributed by atoms with E-state index in [1.165, 1.54) is 4.90 Å². The summed E-state index contributed by atoms with van der Waals surface area (Å²) < 4.78 is 5.50. The second kappa shape index (κ2) is 8.85. The van der Waals surface area contributed by atoms with Crippen molar-refractivity contribution in [3.05, 3.63) is 65.4 Å². The maximum atomic E-state index is 12.6. The van der Waals surface area contributed by atoms with Crippen LogP contribution in [0, 0.1) is 0 Å². The van der Waals surface area contributed by atoms with Gasteiger partial charge in [0.1, 0.15) is 5.75 Å². The Balaban J connectivity index is 1.46. The molecule has 3 aromatic rings. The summed E-state index contributed by atoms with van der Waals surface area (Å²) in [6.07, 6.45) is 1.51. The summed E-state index contributed by atoms with van der Waals surface area (Å²) >= 11 is 0. The van der Waals surface area contributed by atoms with Crippen molar-refractivity contribution in [2.45, 2.75) is 52.0 Å². The molecule has 172 valence electrons. The minimum absolute atomic E-state index is 0.0522. The number of amides is 2. The predicted molar refractivity (Wildman–Crippen MR) is 131 cm³/mol. The summed E-state index contributed by atoms with van der Waals surface area (Å²) in [7, 11) is 1.66. The molecule has 0 spiro atoms. The molecule has 0 saturated carbocycles. The number of imide groups is 1. The van der Waals surface area contributed by atoms with Gasteiger partial charge in [0.15, 0.2) is 0 Å². The quantitative estimate of drug-likeness (QED) is 0.492. The normalized spacial score (nSPS) is 14.5. The number of ether oxygens (including phenoxy) is 1. The van der Waals surface area contributed by atoms with Crippen molar-refractivity contribution >= 4 is 28.4 Å². The van der Waals surface area contributed by atoms with Crippen LogP contribution < -0.4 is 10.1 Å². The Labute approximate surface area is 195 Å². The first-order valence-electron chi connectivity index (χ1n) is 11.4. The Bertz CT molecular complexity index is 1180. The molecule has 1 aliphatic rings. The highest BCUT2D eigenvalue weighted by Crippen LogP contribution is 2.32. The molecule has 1 aliphatic heterocycles. The monoisotopic (exact) mass is 445 g/mol. The number of pyridine rings is 1. The molecule has 6 heteroatoms. The maximum Gasteiger partial charge on any atom is 0.261 e. The van der Waals surface area contributed by atoms with Crippen LogP contribution in [-0.2, 0) is 5.41 Å². The highest BCUT2D eigenvalue weighted by Gasteiger charge is 2.34. The molecular formula is C27H31N3O3.